The van der Waals surface area contributed by atoms with Gasteiger partial charge in [-0.3, -0.25) is 10.1 Å². The van der Waals surface area contributed by atoms with Crippen molar-refractivity contribution in [3.05, 3.63) is 56.9 Å². The van der Waals surface area contributed by atoms with Crippen molar-refractivity contribution in [3.63, 3.8) is 0 Å². The highest BCUT2D eigenvalue weighted by molar-refractivity contribution is 5.86. The third-order valence-electron chi connectivity index (χ3n) is 2.55. The fourth-order valence-electron chi connectivity index (χ4n) is 1.83. The number of nitrogens with zero attached hydrogens (tertiary/aromatic N) is 2. The number of benzene rings is 1. The quantitative estimate of drug-likeness (QED) is 0.353. The first kappa shape index (κ1) is 12.0. The predicted octanol–water partition coefficient (Wildman–Crippen LogP) is 2.80. The fraction of sp³-hybridized carbons (Fsp3) is 0.154. The normalized spacial score (nSPS) is 10.3. The molecule has 0 unspecified atom stereocenters. The van der Waals surface area contributed by atoms with E-state index in [1.54, 1.807) is 30.3 Å². The zero-order chi connectivity index (χ0) is 13.3. The topological polar surface area (TPSA) is 70.1 Å². The summed E-state index contributed by atoms with van der Waals surface area (Å²) in [6.07, 6.45) is 1.63. The van der Waals surface area contributed by atoms with Crippen LogP contribution in [0.2, 0.25) is 0 Å². The van der Waals surface area contributed by atoms with Crippen molar-refractivity contribution in [2.24, 2.45) is 0 Å². The first-order chi connectivity index (χ1) is 8.50. The minimum atomic E-state index is -0.468. The molecule has 0 spiro atoms. The maximum absolute atomic E-state index is 12.1. The van der Waals surface area contributed by atoms with E-state index < -0.39 is 4.92 Å². The largest absolute Gasteiger partial charge is 0.618 e. The third-order valence-corrected chi connectivity index (χ3v) is 2.55. The molecule has 1 aromatic heterocycles. The molecule has 0 aliphatic heterocycles. The molecule has 0 atom stereocenters. The van der Waals surface area contributed by atoms with E-state index in [-0.39, 0.29) is 11.4 Å². The third kappa shape index (κ3) is 2.02. The number of hydrogen-bond acceptors (Lipinski definition) is 3. The van der Waals surface area contributed by atoms with Crippen LogP contribution in [0, 0.1) is 15.3 Å². The summed E-state index contributed by atoms with van der Waals surface area (Å²) in [6.45, 7) is 3.67. The summed E-state index contributed by atoms with van der Waals surface area (Å²) < 4.78 is 0.718. The highest BCUT2D eigenvalue weighted by Gasteiger charge is 2.20. The average Bonchev–Trinajstić information content (AvgIpc) is 2.32. The van der Waals surface area contributed by atoms with E-state index in [2.05, 4.69) is 0 Å². The van der Waals surface area contributed by atoms with Crippen molar-refractivity contribution in [2.45, 2.75) is 13.8 Å². The van der Waals surface area contributed by atoms with Crippen molar-refractivity contribution in [1.29, 1.82) is 0 Å². The van der Waals surface area contributed by atoms with E-state index in [4.69, 9.17) is 0 Å². The zero-order valence-electron chi connectivity index (χ0n) is 10.1. The van der Waals surface area contributed by atoms with Gasteiger partial charge in [-0.2, -0.15) is 4.73 Å². The molecule has 0 aliphatic carbocycles. The van der Waals surface area contributed by atoms with Gasteiger partial charge in [0.2, 0.25) is 11.2 Å². The van der Waals surface area contributed by atoms with Crippen LogP contribution < -0.4 is 4.73 Å². The number of pyridine rings is 1. The van der Waals surface area contributed by atoms with E-state index in [1.165, 1.54) is 6.07 Å². The summed E-state index contributed by atoms with van der Waals surface area (Å²) in [5, 5.41) is 23.5. The monoisotopic (exact) mass is 244 g/mol. The molecule has 5 nitrogen and oxygen atoms in total. The predicted molar refractivity (Wildman–Crippen MR) is 68.9 cm³/mol. The van der Waals surface area contributed by atoms with Crippen molar-refractivity contribution >= 4 is 22.7 Å². The maximum atomic E-state index is 12.1. The highest BCUT2D eigenvalue weighted by Crippen LogP contribution is 2.24. The summed E-state index contributed by atoms with van der Waals surface area (Å²) >= 11 is 0. The molecule has 0 saturated heterocycles. The summed E-state index contributed by atoms with van der Waals surface area (Å²) in [6, 6.07) is 7.83. The van der Waals surface area contributed by atoms with Crippen LogP contribution >= 0.6 is 0 Å². The number of allylic oxidation sites excluding steroid dienone is 1. The lowest BCUT2D eigenvalue weighted by Crippen LogP contribution is -2.31. The first-order valence-electron chi connectivity index (χ1n) is 5.45. The van der Waals surface area contributed by atoms with E-state index >= 15 is 0 Å². The summed E-state index contributed by atoms with van der Waals surface area (Å²) in [5.41, 5.74) is 1.44. The number of rotatable bonds is 2. The molecular formula is C13H12N2O3. The molecule has 0 radical (unpaired) electrons. The molecule has 0 amide bonds. The number of aromatic nitrogens is 1. The Hall–Kier alpha value is -2.43. The number of nitro groups is 1. The molecule has 92 valence electrons. The van der Waals surface area contributed by atoms with E-state index in [0.29, 0.717) is 10.9 Å². The molecule has 0 saturated carbocycles. The standard InChI is InChI=1S/C13H12N2O3/c1-9(2)7-10-8-13(15(17)18)11-5-3-4-6-12(11)14(10)16/h3-8H,1-2H3. The van der Waals surface area contributed by atoms with Gasteiger partial charge in [-0.15, -0.1) is 0 Å². The van der Waals surface area contributed by atoms with Gasteiger partial charge >= 0.3 is 0 Å². The van der Waals surface area contributed by atoms with Gasteiger partial charge in [-0.1, -0.05) is 17.7 Å². The molecule has 2 aromatic rings. The lowest BCUT2D eigenvalue weighted by atomic mass is 10.1. The van der Waals surface area contributed by atoms with Crippen LogP contribution in [0.15, 0.2) is 35.9 Å². The number of para-hydroxylation sites is 1. The second-order valence-corrected chi connectivity index (χ2v) is 4.24. The lowest BCUT2D eigenvalue weighted by molar-refractivity contribution is -0.579. The van der Waals surface area contributed by atoms with Gasteiger partial charge in [0.25, 0.3) is 5.69 Å². The zero-order valence-corrected chi connectivity index (χ0v) is 10.1. The molecule has 18 heavy (non-hydrogen) atoms. The van der Waals surface area contributed by atoms with Gasteiger partial charge in [0.1, 0.15) is 5.39 Å². The van der Waals surface area contributed by atoms with Gasteiger partial charge in [-0.25, -0.2) is 0 Å². The molecular weight excluding hydrogens is 232 g/mol. The average molecular weight is 244 g/mol. The van der Waals surface area contributed by atoms with Crippen molar-refractivity contribution in [2.75, 3.05) is 0 Å². The van der Waals surface area contributed by atoms with Crippen molar-refractivity contribution in [3.8, 4) is 0 Å². The minimum Gasteiger partial charge on any atom is -0.618 e. The Labute approximate surface area is 104 Å². The molecule has 0 aliphatic rings. The number of fused-ring (bicyclic) bond motifs is 1. The molecule has 2 rings (SSSR count). The molecule has 1 aromatic carbocycles. The van der Waals surface area contributed by atoms with Gasteiger partial charge < -0.3 is 5.21 Å². The Balaban J connectivity index is 2.87. The van der Waals surface area contributed by atoms with E-state index in [1.807, 2.05) is 13.8 Å². The van der Waals surface area contributed by atoms with Crippen LogP contribution in [0.1, 0.15) is 19.5 Å². The van der Waals surface area contributed by atoms with Crippen LogP contribution in [0.5, 0.6) is 0 Å². The van der Waals surface area contributed by atoms with Gasteiger partial charge in [0, 0.05) is 12.1 Å². The summed E-state index contributed by atoms with van der Waals surface area (Å²) in [5.74, 6) is 0. The van der Waals surface area contributed by atoms with Crippen LogP contribution in [-0.4, -0.2) is 4.92 Å². The van der Waals surface area contributed by atoms with Crippen LogP contribution in [-0.2, 0) is 0 Å². The molecule has 1 heterocycles. The molecule has 0 bridgehead atoms. The number of hydrogen-bond donors (Lipinski definition) is 0. The Morgan fingerprint density at radius 1 is 1.33 bits per heavy atom. The second-order valence-electron chi connectivity index (χ2n) is 4.24. The van der Waals surface area contributed by atoms with Crippen molar-refractivity contribution < 1.29 is 9.65 Å². The van der Waals surface area contributed by atoms with Gasteiger partial charge in [0.15, 0.2) is 0 Å². The fourth-order valence-corrected chi connectivity index (χ4v) is 1.83. The van der Waals surface area contributed by atoms with E-state index in [9.17, 15) is 15.3 Å². The summed E-state index contributed by atoms with van der Waals surface area (Å²) in [7, 11) is 0. The SMILES string of the molecule is CC(C)=Cc1cc([N+](=O)[O-])c2ccccc2[n+]1[O-]. The Kier molecular flexibility index (Phi) is 2.97. The van der Waals surface area contributed by atoms with Crippen LogP contribution in [0.4, 0.5) is 5.69 Å². The minimum absolute atomic E-state index is 0.0507. The van der Waals surface area contributed by atoms with Crippen LogP contribution in [0.3, 0.4) is 0 Å². The highest BCUT2D eigenvalue weighted by atomic mass is 16.6. The molecule has 0 fully saturated rings. The maximum Gasteiger partial charge on any atom is 0.290 e. The lowest BCUT2D eigenvalue weighted by Gasteiger charge is -2.06. The van der Waals surface area contributed by atoms with Gasteiger partial charge in [0.05, 0.1) is 11.0 Å². The molecule has 0 N–H and O–H groups in total. The first-order valence-corrected chi connectivity index (χ1v) is 5.45. The van der Waals surface area contributed by atoms with Crippen molar-refractivity contribution in [1.82, 2.24) is 0 Å². The summed E-state index contributed by atoms with van der Waals surface area (Å²) in [4.78, 5) is 10.6. The Morgan fingerprint density at radius 2 is 2.00 bits per heavy atom. The molecule has 5 heteroatoms. The Bertz CT molecular complexity index is 659. The van der Waals surface area contributed by atoms with Gasteiger partial charge in [-0.05, 0) is 19.9 Å². The Morgan fingerprint density at radius 3 is 2.61 bits per heavy atom. The van der Waals surface area contributed by atoms with E-state index in [0.717, 1.165) is 10.3 Å². The smallest absolute Gasteiger partial charge is 0.290 e. The second kappa shape index (κ2) is 4.44. The van der Waals surface area contributed by atoms with Crippen LogP contribution in [0.25, 0.3) is 17.0 Å².